The van der Waals surface area contributed by atoms with Crippen LogP contribution in [0.15, 0.2) is 66.7 Å². The molecule has 4 rings (SSSR count). The van der Waals surface area contributed by atoms with E-state index in [-0.39, 0.29) is 13.1 Å². The molecule has 14 nitrogen and oxygen atoms in total. The van der Waals surface area contributed by atoms with Gasteiger partial charge in [0.2, 0.25) is 0 Å². The molecule has 0 atom stereocenters. The van der Waals surface area contributed by atoms with Crippen LogP contribution in [0.2, 0.25) is 0 Å². The molecule has 0 aliphatic carbocycles. The maximum atomic E-state index is 11.3. The fourth-order valence-corrected chi connectivity index (χ4v) is 4.76. The predicted molar refractivity (Wildman–Crippen MR) is 166 cm³/mol. The van der Waals surface area contributed by atoms with Gasteiger partial charge in [-0.1, -0.05) is 24.3 Å². The maximum Gasteiger partial charge on any atom is 0.317 e. The normalized spacial score (nSPS) is 11.1. The Labute approximate surface area is 263 Å². The second-order valence-corrected chi connectivity index (χ2v) is 10.6. The van der Waals surface area contributed by atoms with Crippen LogP contribution in [0.1, 0.15) is 17.0 Å². The smallest absolute Gasteiger partial charge is 0.317 e. The zero-order chi connectivity index (χ0) is 33.4. The Morgan fingerprint density at radius 3 is 1.41 bits per heavy atom. The second-order valence-electron chi connectivity index (χ2n) is 10.6. The van der Waals surface area contributed by atoms with E-state index in [9.17, 15) is 39.6 Å². The molecule has 238 valence electrons. The van der Waals surface area contributed by atoms with Gasteiger partial charge in [0, 0.05) is 18.8 Å². The number of nitrogen functional groups attached to an aromatic ring is 1. The summed E-state index contributed by atoms with van der Waals surface area (Å²) >= 11 is 0. The highest BCUT2D eigenvalue weighted by atomic mass is 16.4. The van der Waals surface area contributed by atoms with Crippen molar-refractivity contribution in [1.82, 2.24) is 24.8 Å². The lowest BCUT2D eigenvalue weighted by atomic mass is 10.0. The van der Waals surface area contributed by atoms with Crippen molar-refractivity contribution in [2.45, 2.75) is 20.0 Å². The van der Waals surface area contributed by atoms with Crippen LogP contribution in [0.5, 0.6) is 0 Å². The van der Waals surface area contributed by atoms with Gasteiger partial charge in [0.05, 0.1) is 60.3 Å². The summed E-state index contributed by atoms with van der Waals surface area (Å²) in [4.78, 5) is 61.8. The number of aryl methyl sites for hydroxylation is 1. The van der Waals surface area contributed by atoms with Crippen molar-refractivity contribution in [3.8, 4) is 33.9 Å². The Morgan fingerprint density at radius 2 is 1.02 bits per heavy atom. The van der Waals surface area contributed by atoms with Crippen LogP contribution in [0.4, 0.5) is 5.69 Å². The van der Waals surface area contributed by atoms with Crippen molar-refractivity contribution < 1.29 is 39.6 Å². The highest BCUT2D eigenvalue weighted by molar-refractivity contribution is 5.77. The number of nitrogens with two attached hydrogens (primary N) is 1. The topological polar surface area (TPSA) is 220 Å². The molecule has 0 spiro atoms. The summed E-state index contributed by atoms with van der Waals surface area (Å²) in [5.41, 5.74) is 11.9. The first-order valence-electron chi connectivity index (χ1n) is 14.0. The van der Waals surface area contributed by atoms with E-state index in [1.165, 1.54) is 9.80 Å². The number of carboxylic acids is 4. The van der Waals surface area contributed by atoms with Gasteiger partial charge in [-0.25, -0.2) is 15.0 Å². The molecule has 0 radical (unpaired) electrons. The minimum Gasteiger partial charge on any atom is -0.480 e. The standard InChI is InChI=1S/C32H32N6O8/c1-19-8-9-20(10-24(19)33)21-11-27(25-6-2-4-22(34-25)13-37(15-29(39)40)16-30(41)42)36-28(12-21)26-7-3-5-23(35-26)14-38(17-31(43)44)18-32(45)46/h2-12H,13-18,33H2,1H3,(H,39,40)(H,41,42)(H,43,44)(H,45,46). The van der Waals surface area contributed by atoms with Gasteiger partial charge in [0.15, 0.2) is 0 Å². The molecular formula is C32H32N6O8. The lowest BCUT2D eigenvalue weighted by Crippen LogP contribution is -2.34. The number of benzene rings is 1. The van der Waals surface area contributed by atoms with E-state index < -0.39 is 50.1 Å². The summed E-state index contributed by atoms with van der Waals surface area (Å²) in [5.74, 6) is -4.68. The van der Waals surface area contributed by atoms with Gasteiger partial charge in [-0.15, -0.1) is 0 Å². The van der Waals surface area contributed by atoms with E-state index in [4.69, 9.17) is 10.7 Å². The number of carbonyl (C=O) groups is 4. The molecule has 0 fully saturated rings. The van der Waals surface area contributed by atoms with E-state index in [1.807, 2.05) is 37.3 Å². The van der Waals surface area contributed by atoms with Gasteiger partial charge in [-0.3, -0.25) is 29.0 Å². The van der Waals surface area contributed by atoms with E-state index in [2.05, 4.69) is 9.97 Å². The number of hydrogen-bond acceptors (Lipinski definition) is 10. The first kappa shape index (κ1) is 33.2. The summed E-state index contributed by atoms with van der Waals surface area (Å²) < 4.78 is 0. The van der Waals surface area contributed by atoms with Gasteiger partial charge in [-0.2, -0.15) is 0 Å². The number of pyridine rings is 3. The van der Waals surface area contributed by atoms with Crippen LogP contribution in [0.25, 0.3) is 33.9 Å². The molecule has 3 aromatic heterocycles. The molecule has 6 N–H and O–H groups in total. The fourth-order valence-electron chi connectivity index (χ4n) is 4.76. The molecule has 0 bridgehead atoms. The average molecular weight is 629 g/mol. The van der Waals surface area contributed by atoms with Crippen molar-refractivity contribution >= 4 is 29.6 Å². The Hall–Kier alpha value is -5.73. The van der Waals surface area contributed by atoms with Crippen molar-refractivity contribution in [2.75, 3.05) is 31.9 Å². The van der Waals surface area contributed by atoms with E-state index >= 15 is 0 Å². The largest absolute Gasteiger partial charge is 0.480 e. The lowest BCUT2D eigenvalue weighted by Gasteiger charge is -2.18. The molecule has 14 heteroatoms. The number of rotatable bonds is 15. The van der Waals surface area contributed by atoms with Crippen molar-refractivity contribution in [2.24, 2.45) is 0 Å². The van der Waals surface area contributed by atoms with Crippen molar-refractivity contribution in [3.05, 3.63) is 83.7 Å². The first-order chi connectivity index (χ1) is 21.9. The number of nitrogens with zero attached hydrogens (tertiary/aromatic N) is 5. The molecule has 46 heavy (non-hydrogen) atoms. The summed E-state index contributed by atoms with van der Waals surface area (Å²) in [5, 5.41) is 36.9. The zero-order valence-corrected chi connectivity index (χ0v) is 24.8. The molecule has 0 aliphatic heterocycles. The highest BCUT2D eigenvalue weighted by Gasteiger charge is 2.18. The minimum absolute atomic E-state index is 0.0275. The molecule has 0 saturated carbocycles. The van der Waals surface area contributed by atoms with Crippen LogP contribution < -0.4 is 5.73 Å². The fraction of sp³-hybridized carbons (Fsp3) is 0.219. The molecule has 4 aromatic rings. The quantitative estimate of drug-likeness (QED) is 0.120. The molecule has 0 saturated heterocycles. The van der Waals surface area contributed by atoms with E-state index in [0.717, 1.165) is 16.7 Å². The number of hydrogen-bond donors (Lipinski definition) is 5. The predicted octanol–water partition coefficient (Wildman–Crippen LogP) is 2.71. The van der Waals surface area contributed by atoms with Crippen LogP contribution in [-0.4, -0.2) is 95.2 Å². The Kier molecular flexibility index (Phi) is 10.7. The van der Waals surface area contributed by atoms with Gasteiger partial charge in [0.25, 0.3) is 0 Å². The van der Waals surface area contributed by atoms with Crippen LogP contribution in [0, 0.1) is 6.92 Å². The molecule has 3 heterocycles. The maximum absolute atomic E-state index is 11.3. The van der Waals surface area contributed by atoms with Crippen molar-refractivity contribution in [1.29, 1.82) is 0 Å². The van der Waals surface area contributed by atoms with Gasteiger partial charge in [0.1, 0.15) is 0 Å². The summed E-state index contributed by atoms with van der Waals surface area (Å²) in [6, 6.07) is 19.5. The van der Waals surface area contributed by atoms with Gasteiger partial charge >= 0.3 is 23.9 Å². The average Bonchev–Trinajstić information content (AvgIpc) is 2.97. The highest BCUT2D eigenvalue weighted by Crippen LogP contribution is 2.31. The summed E-state index contributed by atoms with van der Waals surface area (Å²) in [6.07, 6.45) is 0. The second kappa shape index (κ2) is 14.8. The van der Waals surface area contributed by atoms with E-state index in [0.29, 0.717) is 39.9 Å². The lowest BCUT2D eigenvalue weighted by molar-refractivity contribution is -0.144. The van der Waals surface area contributed by atoms with E-state index in [1.54, 1.807) is 36.4 Å². The molecule has 0 aliphatic rings. The van der Waals surface area contributed by atoms with Gasteiger partial charge in [-0.05, 0) is 66.1 Å². The molecule has 1 aromatic carbocycles. The Bertz CT molecular complexity index is 1650. The number of carboxylic acid groups (broad SMARTS) is 4. The van der Waals surface area contributed by atoms with Crippen LogP contribution >= 0.6 is 0 Å². The molecule has 0 unspecified atom stereocenters. The third-order valence-corrected chi connectivity index (χ3v) is 6.78. The monoisotopic (exact) mass is 628 g/mol. The number of anilines is 1. The van der Waals surface area contributed by atoms with Gasteiger partial charge < -0.3 is 26.2 Å². The van der Waals surface area contributed by atoms with Crippen LogP contribution in [-0.2, 0) is 32.3 Å². The minimum atomic E-state index is -1.17. The first-order valence-corrected chi connectivity index (χ1v) is 14.0. The number of aromatic nitrogens is 3. The Morgan fingerprint density at radius 1 is 0.587 bits per heavy atom. The van der Waals surface area contributed by atoms with Crippen LogP contribution in [0.3, 0.4) is 0 Å². The third-order valence-electron chi connectivity index (χ3n) is 6.78. The third kappa shape index (κ3) is 9.38. The zero-order valence-electron chi connectivity index (χ0n) is 24.8. The SMILES string of the molecule is Cc1ccc(-c2cc(-c3cccc(CN(CC(=O)O)CC(=O)O)n3)nc(-c3cccc(CN(CC(=O)O)CC(=O)O)n3)c2)cc1N. The van der Waals surface area contributed by atoms with Crippen molar-refractivity contribution in [3.63, 3.8) is 0 Å². The summed E-state index contributed by atoms with van der Waals surface area (Å²) in [7, 11) is 0. The Balaban J connectivity index is 1.77. The molecular weight excluding hydrogens is 596 g/mol. The summed E-state index contributed by atoms with van der Waals surface area (Å²) in [6.45, 7) is -0.0941. The number of aliphatic carboxylic acids is 4. The molecule has 0 amide bonds.